The van der Waals surface area contributed by atoms with Crippen LogP contribution in [0, 0.1) is 13.8 Å². The predicted molar refractivity (Wildman–Crippen MR) is 80.3 cm³/mol. The third-order valence-electron chi connectivity index (χ3n) is 2.98. The number of hydrogen-bond donors (Lipinski definition) is 1. The molecule has 104 valence electrons. The molecule has 0 bridgehead atoms. The second-order valence-corrected chi connectivity index (χ2v) is 5.04. The number of pyridine rings is 1. The van der Waals surface area contributed by atoms with Crippen molar-refractivity contribution in [1.29, 1.82) is 0 Å². The Bertz CT molecular complexity index is 707. The van der Waals surface area contributed by atoms with E-state index in [4.69, 9.17) is 11.6 Å². The molecule has 0 unspecified atom stereocenters. The molecule has 0 saturated carbocycles. The molecule has 20 heavy (non-hydrogen) atoms. The van der Waals surface area contributed by atoms with Crippen LogP contribution < -0.4 is 10.9 Å². The molecule has 1 aromatic carbocycles. The van der Waals surface area contributed by atoms with Crippen LogP contribution in [0.15, 0.2) is 41.3 Å². The second-order valence-electron chi connectivity index (χ2n) is 4.64. The van der Waals surface area contributed by atoms with Crippen LogP contribution in [-0.2, 0) is 11.3 Å². The number of benzene rings is 1. The van der Waals surface area contributed by atoms with E-state index < -0.39 is 0 Å². The maximum absolute atomic E-state index is 11.9. The number of carbonyl (C=O) groups is 1. The topological polar surface area (TPSA) is 51.1 Å². The lowest BCUT2D eigenvalue weighted by Gasteiger charge is -2.09. The molecular formula is C15H15ClN2O2. The Hall–Kier alpha value is -2.07. The summed E-state index contributed by atoms with van der Waals surface area (Å²) >= 11 is 6.00. The molecule has 2 rings (SSSR count). The van der Waals surface area contributed by atoms with Crippen molar-refractivity contribution in [3.05, 3.63) is 63.0 Å². The number of rotatable bonds is 3. The van der Waals surface area contributed by atoms with E-state index >= 15 is 0 Å². The van der Waals surface area contributed by atoms with E-state index in [1.807, 2.05) is 13.0 Å². The predicted octanol–water partition coefficient (Wildman–Crippen LogP) is 2.76. The highest BCUT2D eigenvalue weighted by atomic mass is 35.5. The minimum atomic E-state index is -0.266. The van der Waals surface area contributed by atoms with Gasteiger partial charge in [0, 0.05) is 22.5 Å². The second kappa shape index (κ2) is 5.92. The number of halogens is 1. The molecule has 1 N–H and O–H groups in total. The normalized spacial score (nSPS) is 10.3. The summed E-state index contributed by atoms with van der Waals surface area (Å²) in [5.41, 5.74) is 2.01. The first-order valence-corrected chi connectivity index (χ1v) is 6.57. The van der Waals surface area contributed by atoms with E-state index in [1.165, 1.54) is 4.57 Å². The Morgan fingerprint density at radius 2 is 2.00 bits per heavy atom. The van der Waals surface area contributed by atoms with Crippen molar-refractivity contribution >= 4 is 23.2 Å². The summed E-state index contributed by atoms with van der Waals surface area (Å²) in [7, 11) is 0. The largest absolute Gasteiger partial charge is 0.324 e. The van der Waals surface area contributed by atoms with Gasteiger partial charge in [-0.3, -0.25) is 9.59 Å². The van der Waals surface area contributed by atoms with Crippen LogP contribution in [0.5, 0.6) is 0 Å². The Kier molecular flexibility index (Phi) is 4.25. The highest BCUT2D eigenvalue weighted by Gasteiger charge is 2.07. The minimum Gasteiger partial charge on any atom is -0.324 e. The van der Waals surface area contributed by atoms with E-state index in [0.29, 0.717) is 16.3 Å². The van der Waals surface area contributed by atoms with Crippen molar-refractivity contribution in [1.82, 2.24) is 4.57 Å². The van der Waals surface area contributed by atoms with E-state index in [9.17, 15) is 9.59 Å². The van der Waals surface area contributed by atoms with Crippen LogP contribution in [-0.4, -0.2) is 10.5 Å². The van der Waals surface area contributed by atoms with Crippen molar-refractivity contribution in [3.8, 4) is 0 Å². The molecule has 0 atom stereocenters. The number of carbonyl (C=O) groups excluding carboxylic acids is 1. The number of anilines is 1. The summed E-state index contributed by atoms with van der Waals surface area (Å²) in [4.78, 5) is 23.7. The van der Waals surface area contributed by atoms with Crippen LogP contribution in [0.4, 0.5) is 5.69 Å². The fourth-order valence-corrected chi connectivity index (χ4v) is 1.99. The zero-order chi connectivity index (χ0) is 14.7. The Balaban J connectivity index is 2.11. The maximum Gasteiger partial charge on any atom is 0.253 e. The van der Waals surface area contributed by atoms with Crippen LogP contribution in [0.25, 0.3) is 0 Å². The molecule has 0 aliphatic carbocycles. The number of hydrogen-bond acceptors (Lipinski definition) is 2. The third kappa shape index (κ3) is 3.27. The fraction of sp³-hybridized carbons (Fsp3) is 0.200. The monoisotopic (exact) mass is 290 g/mol. The molecule has 1 aromatic heterocycles. The van der Waals surface area contributed by atoms with Gasteiger partial charge < -0.3 is 9.88 Å². The van der Waals surface area contributed by atoms with E-state index in [-0.39, 0.29) is 18.0 Å². The van der Waals surface area contributed by atoms with Gasteiger partial charge in [0.15, 0.2) is 0 Å². The fourth-order valence-electron chi connectivity index (χ4n) is 1.81. The smallest absolute Gasteiger partial charge is 0.253 e. The summed E-state index contributed by atoms with van der Waals surface area (Å²) in [6, 6.07) is 8.76. The zero-order valence-electron chi connectivity index (χ0n) is 11.3. The highest BCUT2D eigenvalue weighted by Crippen LogP contribution is 2.19. The molecule has 0 fully saturated rings. The quantitative estimate of drug-likeness (QED) is 0.945. The van der Waals surface area contributed by atoms with Gasteiger partial charge >= 0.3 is 0 Å². The van der Waals surface area contributed by atoms with E-state index in [2.05, 4.69) is 5.32 Å². The standard InChI is InChI=1S/C15H15ClN2O2/c1-10-5-6-12(8-13(10)16)17-14(19)9-18-7-3-4-11(2)15(18)20/h3-8H,9H2,1-2H3,(H,17,19). The van der Waals surface area contributed by atoms with Gasteiger partial charge in [0.2, 0.25) is 5.91 Å². The number of amides is 1. The highest BCUT2D eigenvalue weighted by molar-refractivity contribution is 6.31. The summed E-state index contributed by atoms with van der Waals surface area (Å²) in [6.45, 7) is 3.59. The first-order chi connectivity index (χ1) is 9.47. The molecule has 0 spiro atoms. The molecule has 0 radical (unpaired) electrons. The van der Waals surface area contributed by atoms with Crippen LogP contribution in [0.2, 0.25) is 5.02 Å². The van der Waals surface area contributed by atoms with E-state index in [1.54, 1.807) is 37.4 Å². The van der Waals surface area contributed by atoms with Crippen LogP contribution in [0.1, 0.15) is 11.1 Å². The van der Waals surface area contributed by atoms with Gasteiger partial charge in [-0.1, -0.05) is 23.7 Å². The molecule has 0 aliphatic rings. The summed E-state index contributed by atoms with van der Waals surface area (Å²) < 4.78 is 1.38. The lowest BCUT2D eigenvalue weighted by Crippen LogP contribution is -2.28. The lowest BCUT2D eigenvalue weighted by molar-refractivity contribution is -0.116. The van der Waals surface area contributed by atoms with Gasteiger partial charge in [0.05, 0.1) is 0 Å². The van der Waals surface area contributed by atoms with Gasteiger partial charge in [-0.25, -0.2) is 0 Å². The third-order valence-corrected chi connectivity index (χ3v) is 3.39. The molecule has 5 heteroatoms. The minimum absolute atomic E-state index is 0.0218. The molecule has 2 aromatic rings. The molecule has 1 heterocycles. The number of aryl methyl sites for hydroxylation is 2. The molecular weight excluding hydrogens is 276 g/mol. The number of nitrogens with zero attached hydrogens (tertiary/aromatic N) is 1. The van der Waals surface area contributed by atoms with Gasteiger partial charge in [0.1, 0.15) is 6.54 Å². The average Bonchev–Trinajstić information content (AvgIpc) is 2.39. The summed E-state index contributed by atoms with van der Waals surface area (Å²) in [6.07, 6.45) is 1.59. The van der Waals surface area contributed by atoms with Gasteiger partial charge in [-0.05, 0) is 37.6 Å². The first kappa shape index (κ1) is 14.3. The van der Waals surface area contributed by atoms with Crippen molar-refractivity contribution in [2.45, 2.75) is 20.4 Å². The first-order valence-electron chi connectivity index (χ1n) is 6.19. The molecule has 0 saturated heterocycles. The van der Waals surface area contributed by atoms with Crippen molar-refractivity contribution < 1.29 is 4.79 Å². The number of nitrogens with one attached hydrogen (secondary N) is 1. The van der Waals surface area contributed by atoms with Gasteiger partial charge in [-0.15, -0.1) is 0 Å². The SMILES string of the molecule is Cc1ccc(NC(=O)Cn2cccc(C)c2=O)cc1Cl. The maximum atomic E-state index is 11.9. The Morgan fingerprint density at radius 1 is 1.25 bits per heavy atom. The Morgan fingerprint density at radius 3 is 2.70 bits per heavy atom. The summed E-state index contributed by atoms with van der Waals surface area (Å²) in [5, 5.41) is 3.32. The Labute approximate surface area is 122 Å². The van der Waals surface area contributed by atoms with Crippen molar-refractivity contribution in [3.63, 3.8) is 0 Å². The van der Waals surface area contributed by atoms with Crippen molar-refractivity contribution in [2.24, 2.45) is 0 Å². The zero-order valence-corrected chi connectivity index (χ0v) is 12.1. The molecule has 0 aliphatic heterocycles. The average molecular weight is 291 g/mol. The number of aromatic nitrogens is 1. The van der Waals surface area contributed by atoms with Crippen molar-refractivity contribution in [2.75, 3.05) is 5.32 Å². The lowest BCUT2D eigenvalue weighted by atomic mass is 10.2. The van der Waals surface area contributed by atoms with Gasteiger partial charge in [0.25, 0.3) is 5.56 Å². The van der Waals surface area contributed by atoms with Crippen LogP contribution >= 0.6 is 11.6 Å². The molecule has 1 amide bonds. The molecule has 4 nitrogen and oxygen atoms in total. The van der Waals surface area contributed by atoms with E-state index in [0.717, 1.165) is 5.56 Å². The van der Waals surface area contributed by atoms with Gasteiger partial charge in [-0.2, -0.15) is 0 Å². The summed E-state index contributed by atoms with van der Waals surface area (Å²) in [5.74, 6) is -0.266. The van der Waals surface area contributed by atoms with Crippen LogP contribution in [0.3, 0.4) is 0 Å².